The minimum Gasteiger partial charge on any atom is -0.375 e. The lowest BCUT2D eigenvalue weighted by atomic mass is 10.2. The molecule has 2 aromatic carbocycles. The third kappa shape index (κ3) is 5.02. The van der Waals surface area contributed by atoms with Crippen LogP contribution in [0.2, 0.25) is 0 Å². The monoisotopic (exact) mass is 448 g/mol. The second-order valence-corrected chi connectivity index (χ2v) is 8.63. The summed E-state index contributed by atoms with van der Waals surface area (Å²) in [4.78, 5) is 19.2. The molecule has 2 aromatic heterocycles. The first kappa shape index (κ1) is 22.1. The summed E-state index contributed by atoms with van der Waals surface area (Å²) >= 11 is 1.32. The second kappa shape index (κ2) is 10.5. The van der Waals surface area contributed by atoms with Crippen molar-refractivity contribution in [3.8, 4) is 0 Å². The minimum atomic E-state index is -0.0184. The van der Waals surface area contributed by atoms with E-state index in [2.05, 4.69) is 63.2 Å². The lowest BCUT2D eigenvalue weighted by molar-refractivity contribution is -0.118. The zero-order valence-corrected chi connectivity index (χ0v) is 19.3. The Hall–Kier alpha value is -3.13. The summed E-state index contributed by atoms with van der Waals surface area (Å²) in [5.74, 6) is 0.255. The number of benzene rings is 2. The first-order chi connectivity index (χ1) is 15.7. The fraction of sp³-hybridized carbons (Fsp3) is 0.333. The molecule has 0 fully saturated rings. The van der Waals surface area contributed by atoms with Crippen LogP contribution in [0.15, 0.2) is 59.8 Å². The third-order valence-electron chi connectivity index (χ3n) is 5.32. The van der Waals surface area contributed by atoms with Gasteiger partial charge in [0.05, 0.1) is 11.3 Å². The molecule has 2 heterocycles. The number of carbonyl (C=O) groups is 1. The molecule has 32 heavy (non-hydrogen) atoms. The predicted molar refractivity (Wildman–Crippen MR) is 131 cm³/mol. The van der Waals surface area contributed by atoms with E-state index in [0.29, 0.717) is 11.7 Å². The van der Waals surface area contributed by atoms with Gasteiger partial charge in [-0.25, -0.2) is 4.98 Å². The van der Waals surface area contributed by atoms with Crippen molar-refractivity contribution in [3.63, 3.8) is 0 Å². The van der Waals surface area contributed by atoms with E-state index >= 15 is 0 Å². The Morgan fingerprint density at radius 2 is 1.88 bits per heavy atom. The van der Waals surface area contributed by atoms with Crippen LogP contribution in [0.25, 0.3) is 22.1 Å². The van der Waals surface area contributed by atoms with E-state index in [-0.39, 0.29) is 11.7 Å². The molecule has 0 unspecified atom stereocenters. The molecule has 0 aliphatic carbocycles. The lowest BCUT2D eigenvalue weighted by Gasteiger charge is -2.19. The summed E-state index contributed by atoms with van der Waals surface area (Å²) in [6, 6.07) is 18.4. The molecule has 0 saturated heterocycles. The van der Waals surface area contributed by atoms with Crippen LogP contribution in [0.1, 0.15) is 19.8 Å². The number of thioether (sulfide) groups is 1. The Balaban J connectivity index is 1.31. The molecule has 0 aliphatic heterocycles. The first-order valence-electron chi connectivity index (χ1n) is 10.9. The number of para-hydroxylation sites is 2. The smallest absolute Gasteiger partial charge is 0.230 e. The Morgan fingerprint density at radius 3 is 2.69 bits per heavy atom. The zero-order valence-electron chi connectivity index (χ0n) is 18.5. The van der Waals surface area contributed by atoms with Crippen molar-refractivity contribution in [1.82, 2.24) is 25.1 Å². The molecule has 0 radical (unpaired) electrons. The van der Waals surface area contributed by atoms with E-state index in [9.17, 15) is 4.79 Å². The minimum absolute atomic E-state index is 0.0184. The second-order valence-electron chi connectivity index (χ2n) is 7.68. The largest absolute Gasteiger partial charge is 0.375 e. The normalized spacial score (nSPS) is 11.2. The van der Waals surface area contributed by atoms with Gasteiger partial charge in [0.15, 0.2) is 5.65 Å². The highest BCUT2D eigenvalue weighted by Gasteiger charge is 2.15. The number of aryl methyl sites for hydroxylation is 1. The molecular formula is C24H28N6OS. The van der Waals surface area contributed by atoms with Crippen molar-refractivity contribution < 1.29 is 4.79 Å². The standard InChI is InChI=1S/C24H28N6OS/c1-3-15-30-20-13-8-7-12-19(20)22-23(30)26-24(28-27-22)32-17-21(31)25-14-9-16-29(2)18-10-5-4-6-11-18/h4-8,10-13H,3,9,14-17H2,1-2H3,(H,25,31). The van der Waals surface area contributed by atoms with Crippen molar-refractivity contribution in [1.29, 1.82) is 0 Å². The van der Waals surface area contributed by atoms with Crippen LogP contribution in [0.5, 0.6) is 0 Å². The molecule has 1 amide bonds. The third-order valence-corrected chi connectivity index (χ3v) is 6.16. The molecule has 4 rings (SSSR count). The molecule has 0 saturated carbocycles. The number of hydrogen-bond acceptors (Lipinski definition) is 6. The average Bonchev–Trinajstić information content (AvgIpc) is 3.14. The van der Waals surface area contributed by atoms with Gasteiger partial charge in [-0.1, -0.05) is 55.1 Å². The Morgan fingerprint density at radius 1 is 1.09 bits per heavy atom. The maximum Gasteiger partial charge on any atom is 0.230 e. The van der Waals surface area contributed by atoms with Gasteiger partial charge in [0, 0.05) is 37.8 Å². The van der Waals surface area contributed by atoms with Crippen molar-refractivity contribution in [2.75, 3.05) is 30.8 Å². The Kier molecular flexibility index (Phi) is 7.21. The zero-order chi connectivity index (χ0) is 22.3. The van der Waals surface area contributed by atoms with E-state index in [4.69, 9.17) is 4.98 Å². The number of hydrogen-bond donors (Lipinski definition) is 1. The number of aromatic nitrogens is 4. The summed E-state index contributed by atoms with van der Waals surface area (Å²) in [5, 5.41) is 13.2. The number of nitrogens with one attached hydrogen (secondary N) is 1. The summed E-state index contributed by atoms with van der Waals surface area (Å²) in [7, 11) is 2.06. The summed E-state index contributed by atoms with van der Waals surface area (Å²) in [6.07, 6.45) is 1.88. The van der Waals surface area contributed by atoms with Gasteiger partial charge in [-0.05, 0) is 31.0 Å². The topological polar surface area (TPSA) is 75.9 Å². The molecule has 0 atom stereocenters. The SMILES string of the molecule is CCCn1c2ccccc2c2nnc(SCC(=O)NCCCN(C)c3ccccc3)nc21. The first-order valence-corrected chi connectivity index (χ1v) is 11.9. The molecule has 7 nitrogen and oxygen atoms in total. The predicted octanol–water partition coefficient (Wildman–Crippen LogP) is 4.12. The van der Waals surface area contributed by atoms with E-state index in [1.165, 1.54) is 17.4 Å². The number of amides is 1. The maximum atomic E-state index is 12.3. The van der Waals surface area contributed by atoms with Gasteiger partial charge in [-0.15, -0.1) is 10.2 Å². The van der Waals surface area contributed by atoms with Crippen molar-refractivity contribution in [2.45, 2.75) is 31.5 Å². The van der Waals surface area contributed by atoms with Gasteiger partial charge in [-0.2, -0.15) is 0 Å². The average molecular weight is 449 g/mol. The molecule has 4 aromatic rings. The van der Waals surface area contributed by atoms with Gasteiger partial charge in [0.1, 0.15) is 5.52 Å². The van der Waals surface area contributed by atoms with Gasteiger partial charge in [0.2, 0.25) is 11.1 Å². The molecule has 1 N–H and O–H groups in total. The molecule has 166 valence electrons. The van der Waals surface area contributed by atoms with Gasteiger partial charge < -0.3 is 14.8 Å². The van der Waals surface area contributed by atoms with E-state index in [1.54, 1.807) is 0 Å². The van der Waals surface area contributed by atoms with E-state index < -0.39 is 0 Å². The van der Waals surface area contributed by atoms with Crippen LogP contribution >= 0.6 is 11.8 Å². The number of fused-ring (bicyclic) bond motifs is 3. The molecule has 8 heteroatoms. The van der Waals surface area contributed by atoms with Crippen molar-refractivity contribution in [2.24, 2.45) is 0 Å². The Bertz CT molecular complexity index is 1190. The van der Waals surface area contributed by atoms with Gasteiger partial charge in [0.25, 0.3) is 0 Å². The highest BCUT2D eigenvalue weighted by atomic mass is 32.2. The molecule has 0 bridgehead atoms. The summed E-state index contributed by atoms with van der Waals surface area (Å²) in [6.45, 7) is 4.53. The summed E-state index contributed by atoms with van der Waals surface area (Å²) in [5.41, 5.74) is 3.93. The highest BCUT2D eigenvalue weighted by Crippen LogP contribution is 2.27. The lowest BCUT2D eigenvalue weighted by Crippen LogP contribution is -2.29. The van der Waals surface area contributed by atoms with Crippen LogP contribution in [-0.4, -0.2) is 51.5 Å². The van der Waals surface area contributed by atoms with E-state index in [1.807, 2.05) is 30.3 Å². The fourth-order valence-electron chi connectivity index (χ4n) is 3.74. The number of rotatable bonds is 10. The van der Waals surface area contributed by atoms with Crippen LogP contribution in [0.3, 0.4) is 0 Å². The fourth-order valence-corrected chi connectivity index (χ4v) is 4.35. The Labute approximate surface area is 192 Å². The number of anilines is 1. The molecule has 0 aliphatic rings. The van der Waals surface area contributed by atoms with Crippen LogP contribution < -0.4 is 10.2 Å². The number of carbonyl (C=O) groups excluding carboxylic acids is 1. The van der Waals surface area contributed by atoms with Crippen LogP contribution in [0.4, 0.5) is 5.69 Å². The maximum absolute atomic E-state index is 12.3. The quantitative estimate of drug-likeness (QED) is 0.290. The highest BCUT2D eigenvalue weighted by molar-refractivity contribution is 7.99. The van der Waals surface area contributed by atoms with Gasteiger partial charge in [-0.3, -0.25) is 4.79 Å². The van der Waals surface area contributed by atoms with Crippen LogP contribution in [-0.2, 0) is 11.3 Å². The van der Waals surface area contributed by atoms with E-state index in [0.717, 1.165) is 48.0 Å². The van der Waals surface area contributed by atoms with Crippen LogP contribution in [0, 0.1) is 0 Å². The molecule has 0 spiro atoms. The number of nitrogens with zero attached hydrogens (tertiary/aromatic N) is 5. The van der Waals surface area contributed by atoms with Gasteiger partial charge >= 0.3 is 0 Å². The molecular weight excluding hydrogens is 420 g/mol. The van der Waals surface area contributed by atoms with Crippen molar-refractivity contribution in [3.05, 3.63) is 54.6 Å². The van der Waals surface area contributed by atoms with Crippen molar-refractivity contribution >= 4 is 45.4 Å². The summed E-state index contributed by atoms with van der Waals surface area (Å²) < 4.78 is 2.19.